The number of nitrogens with zero attached hydrogens (tertiary/aromatic N) is 2. The number of amides is 1. The van der Waals surface area contributed by atoms with E-state index in [9.17, 15) is 22.4 Å². The number of rotatable bonds is 9. The zero-order valence-corrected chi connectivity index (χ0v) is 20.3. The molecule has 0 saturated heterocycles. The Morgan fingerprint density at radius 1 is 1.08 bits per heavy atom. The number of alkyl halides is 3. The van der Waals surface area contributed by atoms with Gasteiger partial charge in [-0.25, -0.2) is 9.37 Å². The van der Waals surface area contributed by atoms with Gasteiger partial charge in [0.1, 0.15) is 23.3 Å². The lowest BCUT2D eigenvalue weighted by Crippen LogP contribution is -2.25. The molecule has 0 spiro atoms. The Hall–Kier alpha value is -4.28. The van der Waals surface area contributed by atoms with E-state index in [1.54, 1.807) is 34.9 Å². The second-order valence-electron chi connectivity index (χ2n) is 8.94. The highest BCUT2D eigenvalue weighted by molar-refractivity contribution is 5.95. The first kappa shape index (κ1) is 25.4. The van der Waals surface area contributed by atoms with Gasteiger partial charge in [-0.05, 0) is 49.2 Å². The summed E-state index contributed by atoms with van der Waals surface area (Å²) in [7, 11) is 1.35. The van der Waals surface area contributed by atoms with Gasteiger partial charge >= 0.3 is 6.18 Å². The molecule has 1 heterocycles. The summed E-state index contributed by atoms with van der Waals surface area (Å²) in [5.41, 5.74) is 2.50. The van der Waals surface area contributed by atoms with Crippen molar-refractivity contribution in [1.29, 1.82) is 0 Å². The fourth-order valence-corrected chi connectivity index (χ4v) is 3.95. The lowest BCUT2D eigenvalue weighted by atomic mass is 10.2. The number of imidazole rings is 1. The summed E-state index contributed by atoms with van der Waals surface area (Å²) in [6.07, 6.45) is -1.85. The van der Waals surface area contributed by atoms with E-state index < -0.39 is 18.4 Å². The molecule has 3 aromatic carbocycles. The van der Waals surface area contributed by atoms with E-state index in [-0.39, 0.29) is 35.7 Å². The number of benzene rings is 3. The average molecular weight is 529 g/mol. The molecule has 7 nitrogen and oxygen atoms in total. The Morgan fingerprint density at radius 3 is 2.50 bits per heavy atom. The number of halogens is 4. The minimum absolute atomic E-state index is 0.0506. The van der Waals surface area contributed by atoms with Crippen LogP contribution in [0.2, 0.25) is 0 Å². The fraction of sp³-hybridized carbons (Fsp3) is 0.259. The molecule has 198 valence electrons. The van der Waals surface area contributed by atoms with Gasteiger partial charge in [0.15, 0.2) is 11.6 Å². The topological polar surface area (TPSA) is 77.4 Å². The first-order valence-corrected chi connectivity index (χ1v) is 11.9. The quantitative estimate of drug-likeness (QED) is 0.252. The second-order valence-corrected chi connectivity index (χ2v) is 8.94. The van der Waals surface area contributed by atoms with Crippen LogP contribution in [0.5, 0.6) is 17.2 Å². The predicted molar refractivity (Wildman–Crippen MR) is 134 cm³/mol. The van der Waals surface area contributed by atoms with Gasteiger partial charge in [-0.15, -0.1) is 0 Å². The monoisotopic (exact) mass is 528 g/mol. The number of fused-ring (bicyclic) bond motifs is 1. The maximum Gasteiger partial charge on any atom is 0.390 e. The molecule has 1 aliphatic rings. The van der Waals surface area contributed by atoms with E-state index in [0.717, 1.165) is 18.9 Å². The van der Waals surface area contributed by atoms with E-state index >= 15 is 0 Å². The number of hydrogen-bond acceptors (Lipinski definition) is 5. The minimum Gasteiger partial charge on any atom is -0.494 e. The first-order valence-electron chi connectivity index (χ1n) is 11.9. The molecule has 0 unspecified atom stereocenters. The van der Waals surface area contributed by atoms with E-state index in [1.165, 1.54) is 31.6 Å². The highest BCUT2D eigenvalue weighted by Crippen LogP contribution is 2.34. The number of anilines is 1. The number of carbonyl (C=O) groups is 1. The van der Waals surface area contributed by atoms with Crippen molar-refractivity contribution in [3.8, 4) is 22.9 Å². The average Bonchev–Trinajstić information content (AvgIpc) is 3.59. The first-order chi connectivity index (χ1) is 18.2. The van der Waals surface area contributed by atoms with Gasteiger partial charge in [0.25, 0.3) is 5.91 Å². The van der Waals surface area contributed by atoms with Crippen LogP contribution in [-0.4, -0.2) is 41.3 Å². The second kappa shape index (κ2) is 10.2. The Labute approximate surface area is 215 Å². The van der Waals surface area contributed by atoms with Crippen molar-refractivity contribution in [3.63, 3.8) is 0 Å². The Balaban J connectivity index is 1.48. The van der Waals surface area contributed by atoms with Crippen LogP contribution < -0.4 is 20.1 Å². The number of carbonyl (C=O) groups excluding carboxylic acids is 1. The Kier molecular flexibility index (Phi) is 6.83. The van der Waals surface area contributed by atoms with Crippen molar-refractivity contribution in [2.75, 3.05) is 19.0 Å². The number of aromatic nitrogens is 2. The molecule has 1 aromatic heterocycles. The fourth-order valence-electron chi connectivity index (χ4n) is 3.95. The standard InChI is InChI=1S/C27H24F4N4O3/c1-37-24-9-8-19(12-21(24)28)38-20-13-22(32-11-10-27(29,30)31)25-23(14-20)35(15-33-25)18-6-2-16(3-7-18)26(36)34-17-4-5-17/h2-3,6-9,12-15,17,32H,4-5,10-11H2,1H3,(H,34,36). The zero-order chi connectivity index (χ0) is 26.9. The highest BCUT2D eigenvalue weighted by atomic mass is 19.4. The van der Waals surface area contributed by atoms with Crippen molar-refractivity contribution in [2.45, 2.75) is 31.5 Å². The molecule has 4 aromatic rings. The van der Waals surface area contributed by atoms with Gasteiger partial charge in [-0.1, -0.05) is 0 Å². The number of hydrogen-bond donors (Lipinski definition) is 2. The maximum atomic E-state index is 14.2. The molecule has 2 N–H and O–H groups in total. The highest BCUT2D eigenvalue weighted by Gasteiger charge is 2.26. The molecule has 0 radical (unpaired) electrons. The third-order valence-electron chi connectivity index (χ3n) is 6.03. The third-order valence-corrected chi connectivity index (χ3v) is 6.03. The molecule has 0 aliphatic heterocycles. The summed E-state index contributed by atoms with van der Waals surface area (Å²) in [5.74, 6) is -0.270. The van der Waals surface area contributed by atoms with Crippen molar-refractivity contribution in [1.82, 2.24) is 14.9 Å². The molecule has 0 bridgehead atoms. The smallest absolute Gasteiger partial charge is 0.390 e. The molecule has 1 fully saturated rings. The number of methoxy groups -OCH3 is 1. The number of nitrogens with one attached hydrogen (secondary N) is 2. The lowest BCUT2D eigenvalue weighted by molar-refractivity contribution is -0.131. The van der Waals surface area contributed by atoms with Gasteiger partial charge in [0, 0.05) is 42.0 Å². The molecular formula is C27H24F4N4O3. The molecule has 11 heteroatoms. The lowest BCUT2D eigenvalue weighted by Gasteiger charge is -2.14. The summed E-state index contributed by atoms with van der Waals surface area (Å²) < 4.78 is 65.0. The molecule has 5 rings (SSSR count). The van der Waals surface area contributed by atoms with Crippen LogP contribution in [0.1, 0.15) is 29.6 Å². The van der Waals surface area contributed by atoms with Crippen molar-refractivity contribution in [2.24, 2.45) is 0 Å². The Morgan fingerprint density at radius 2 is 1.84 bits per heavy atom. The summed E-state index contributed by atoms with van der Waals surface area (Å²) in [4.78, 5) is 16.7. The van der Waals surface area contributed by atoms with E-state index in [1.807, 2.05) is 0 Å². The summed E-state index contributed by atoms with van der Waals surface area (Å²) in [6, 6.07) is 14.4. The van der Waals surface area contributed by atoms with Crippen molar-refractivity contribution < 1.29 is 31.8 Å². The van der Waals surface area contributed by atoms with Crippen LogP contribution in [0.3, 0.4) is 0 Å². The van der Waals surface area contributed by atoms with Crippen LogP contribution >= 0.6 is 0 Å². The van der Waals surface area contributed by atoms with Gasteiger partial charge < -0.3 is 20.1 Å². The van der Waals surface area contributed by atoms with E-state index in [2.05, 4.69) is 15.6 Å². The Bertz CT molecular complexity index is 1460. The van der Waals surface area contributed by atoms with Crippen LogP contribution in [-0.2, 0) is 0 Å². The normalized spacial score (nSPS) is 13.4. The maximum absolute atomic E-state index is 14.2. The number of ether oxygens (including phenoxy) is 2. The van der Waals surface area contributed by atoms with E-state index in [4.69, 9.17) is 9.47 Å². The van der Waals surface area contributed by atoms with Crippen LogP contribution in [0, 0.1) is 5.82 Å². The summed E-state index contributed by atoms with van der Waals surface area (Å²) in [6.45, 7) is -0.364. The molecule has 38 heavy (non-hydrogen) atoms. The van der Waals surface area contributed by atoms with Crippen molar-refractivity contribution >= 4 is 22.6 Å². The summed E-state index contributed by atoms with van der Waals surface area (Å²) in [5, 5.41) is 5.73. The van der Waals surface area contributed by atoms with Gasteiger partial charge in [0.05, 0.1) is 24.7 Å². The SMILES string of the molecule is COc1ccc(Oc2cc(NCCC(F)(F)F)c3ncn(-c4ccc(C(=O)NC5CC5)cc4)c3c2)cc1F. The van der Waals surface area contributed by atoms with E-state index in [0.29, 0.717) is 28.0 Å². The summed E-state index contributed by atoms with van der Waals surface area (Å²) >= 11 is 0. The third kappa shape index (κ3) is 5.82. The van der Waals surface area contributed by atoms with Gasteiger partial charge in [-0.2, -0.15) is 13.2 Å². The van der Waals surface area contributed by atoms with Crippen LogP contribution in [0.4, 0.5) is 23.2 Å². The van der Waals surface area contributed by atoms with Crippen LogP contribution in [0.25, 0.3) is 16.7 Å². The van der Waals surface area contributed by atoms with Crippen molar-refractivity contribution in [3.05, 3.63) is 72.3 Å². The molecule has 0 atom stereocenters. The minimum atomic E-state index is -4.33. The molecule has 1 aliphatic carbocycles. The van der Waals surface area contributed by atoms with Gasteiger partial charge in [-0.3, -0.25) is 9.36 Å². The van der Waals surface area contributed by atoms with Gasteiger partial charge in [0.2, 0.25) is 0 Å². The zero-order valence-electron chi connectivity index (χ0n) is 20.3. The largest absolute Gasteiger partial charge is 0.494 e. The molecular weight excluding hydrogens is 504 g/mol. The van der Waals surface area contributed by atoms with Crippen LogP contribution in [0.15, 0.2) is 60.9 Å². The molecule has 1 saturated carbocycles. The predicted octanol–water partition coefficient (Wildman–Crippen LogP) is 6.22. The molecule has 1 amide bonds.